The quantitative estimate of drug-likeness (QED) is 0.640. The molecule has 2 rings (SSSR count). The number of piperazine rings is 1. The number of amides is 2. The van der Waals surface area contributed by atoms with Gasteiger partial charge in [-0.05, 0) is 13.3 Å². The van der Waals surface area contributed by atoms with Gasteiger partial charge in [-0.1, -0.05) is 6.92 Å². The van der Waals surface area contributed by atoms with Gasteiger partial charge in [0.1, 0.15) is 6.04 Å². The average Bonchev–Trinajstić information content (AvgIpc) is 2.42. The molecule has 0 saturated carbocycles. The van der Waals surface area contributed by atoms with Crippen molar-refractivity contribution in [2.75, 3.05) is 23.8 Å². The molecule has 1 aromatic carbocycles. The molecule has 1 atom stereocenters. The Hall–Kier alpha value is -2.31. The van der Waals surface area contributed by atoms with Crippen LogP contribution < -0.4 is 20.7 Å². The van der Waals surface area contributed by atoms with Gasteiger partial charge in [0.25, 0.3) is 0 Å². The molecular weight excluding hydrogens is 277 g/mol. The molecule has 0 aliphatic carbocycles. The fourth-order valence-electron chi connectivity index (χ4n) is 2.14. The third kappa shape index (κ3) is 3.07. The van der Waals surface area contributed by atoms with Crippen molar-refractivity contribution in [2.24, 2.45) is 0 Å². The zero-order valence-corrected chi connectivity index (χ0v) is 12.0. The number of imide groups is 1. The zero-order chi connectivity index (χ0) is 15.6. The number of nitrogens with zero attached hydrogens (tertiary/aromatic N) is 1. The van der Waals surface area contributed by atoms with Gasteiger partial charge in [-0.25, -0.2) is 4.39 Å². The maximum Gasteiger partial charge on any atom is 0.249 e. The molecule has 0 spiro atoms. The number of anilines is 2. The normalized spacial score (nSPS) is 18.6. The van der Waals surface area contributed by atoms with Crippen molar-refractivity contribution in [1.82, 2.24) is 5.32 Å². The molecule has 21 heavy (non-hydrogen) atoms. The zero-order valence-electron chi connectivity index (χ0n) is 12.0. The predicted octanol–water partition coefficient (Wildman–Crippen LogP) is 1.05. The molecule has 1 saturated heterocycles. The number of benzene rings is 1. The lowest BCUT2D eigenvalue weighted by Crippen LogP contribution is -2.57. The van der Waals surface area contributed by atoms with Crippen LogP contribution in [-0.2, 0) is 9.59 Å². The highest BCUT2D eigenvalue weighted by Crippen LogP contribution is 2.33. The molecule has 1 aliphatic rings. The molecule has 3 N–H and O–H groups in total. The lowest BCUT2D eigenvalue weighted by atomic mass is 10.1. The largest absolute Gasteiger partial charge is 0.490 e. The number of nitrogen functional groups attached to an aromatic ring is 1. The van der Waals surface area contributed by atoms with Crippen molar-refractivity contribution in [2.45, 2.75) is 26.3 Å². The minimum atomic E-state index is -0.575. The van der Waals surface area contributed by atoms with Gasteiger partial charge in [-0.3, -0.25) is 14.9 Å². The summed E-state index contributed by atoms with van der Waals surface area (Å²) in [4.78, 5) is 24.8. The Morgan fingerprint density at radius 3 is 2.86 bits per heavy atom. The summed E-state index contributed by atoms with van der Waals surface area (Å²) in [5.41, 5.74) is 6.40. The molecule has 1 aromatic rings. The number of hydrogen-bond donors (Lipinski definition) is 2. The van der Waals surface area contributed by atoms with Crippen LogP contribution in [0.5, 0.6) is 5.75 Å². The molecule has 1 heterocycles. The summed E-state index contributed by atoms with van der Waals surface area (Å²) in [6.07, 6.45) is 0.736. The first-order valence-electron chi connectivity index (χ1n) is 6.76. The number of carbonyl (C=O) groups is 2. The molecule has 2 amide bonds. The van der Waals surface area contributed by atoms with Crippen LogP contribution in [0.2, 0.25) is 0 Å². The number of nitrogens with one attached hydrogen (secondary N) is 1. The molecule has 1 fully saturated rings. The van der Waals surface area contributed by atoms with Gasteiger partial charge in [-0.15, -0.1) is 0 Å². The molecule has 0 radical (unpaired) electrons. The number of nitrogens with two attached hydrogens (primary N) is 1. The molecule has 0 aromatic heterocycles. The Bertz CT molecular complexity index is 577. The van der Waals surface area contributed by atoms with E-state index < -0.39 is 23.7 Å². The van der Waals surface area contributed by atoms with Crippen LogP contribution in [0, 0.1) is 5.82 Å². The Labute approximate surface area is 122 Å². The van der Waals surface area contributed by atoms with Gasteiger partial charge in [0.2, 0.25) is 11.8 Å². The van der Waals surface area contributed by atoms with E-state index in [-0.39, 0.29) is 18.0 Å². The van der Waals surface area contributed by atoms with E-state index in [1.807, 2.05) is 6.92 Å². The van der Waals surface area contributed by atoms with Crippen molar-refractivity contribution in [3.63, 3.8) is 0 Å². The summed E-state index contributed by atoms with van der Waals surface area (Å²) >= 11 is 0. The lowest BCUT2D eigenvalue weighted by Gasteiger charge is -2.34. The Morgan fingerprint density at radius 2 is 2.19 bits per heavy atom. The highest BCUT2D eigenvalue weighted by Gasteiger charge is 2.32. The molecule has 7 heteroatoms. The SMILES string of the molecule is CCCOc1cc(N2CC(=O)NC(=O)C2C)c(N)cc1F. The minimum Gasteiger partial charge on any atom is -0.490 e. The fourth-order valence-corrected chi connectivity index (χ4v) is 2.14. The van der Waals surface area contributed by atoms with Gasteiger partial charge in [0.15, 0.2) is 11.6 Å². The second kappa shape index (κ2) is 5.99. The second-order valence-corrected chi connectivity index (χ2v) is 4.91. The molecular formula is C14H18FN3O3. The Balaban J connectivity index is 2.37. The third-order valence-corrected chi connectivity index (χ3v) is 3.28. The van der Waals surface area contributed by atoms with Crippen LogP contribution in [0.15, 0.2) is 12.1 Å². The van der Waals surface area contributed by atoms with E-state index >= 15 is 0 Å². The molecule has 0 bridgehead atoms. The monoisotopic (exact) mass is 295 g/mol. The maximum atomic E-state index is 13.8. The molecule has 114 valence electrons. The van der Waals surface area contributed by atoms with E-state index in [2.05, 4.69) is 5.32 Å². The topological polar surface area (TPSA) is 84.7 Å². The van der Waals surface area contributed by atoms with E-state index in [0.29, 0.717) is 12.3 Å². The van der Waals surface area contributed by atoms with Gasteiger partial charge >= 0.3 is 0 Å². The number of hydrogen-bond acceptors (Lipinski definition) is 5. The van der Waals surface area contributed by atoms with Gasteiger partial charge in [0.05, 0.1) is 24.5 Å². The molecule has 1 unspecified atom stereocenters. The summed E-state index contributed by atoms with van der Waals surface area (Å²) < 4.78 is 19.1. The predicted molar refractivity (Wildman–Crippen MR) is 76.6 cm³/mol. The number of rotatable bonds is 4. The first-order valence-corrected chi connectivity index (χ1v) is 6.76. The highest BCUT2D eigenvalue weighted by molar-refractivity contribution is 6.05. The lowest BCUT2D eigenvalue weighted by molar-refractivity contribution is -0.132. The van der Waals surface area contributed by atoms with Crippen LogP contribution >= 0.6 is 0 Å². The van der Waals surface area contributed by atoms with Crippen molar-refractivity contribution < 1.29 is 18.7 Å². The van der Waals surface area contributed by atoms with Crippen LogP contribution in [0.4, 0.5) is 15.8 Å². The Morgan fingerprint density at radius 1 is 1.48 bits per heavy atom. The summed E-state index contributed by atoms with van der Waals surface area (Å²) in [5.74, 6) is -1.33. The first-order chi connectivity index (χ1) is 9.93. The van der Waals surface area contributed by atoms with E-state index in [9.17, 15) is 14.0 Å². The smallest absolute Gasteiger partial charge is 0.249 e. The average molecular weight is 295 g/mol. The second-order valence-electron chi connectivity index (χ2n) is 4.91. The van der Waals surface area contributed by atoms with Crippen LogP contribution in [0.3, 0.4) is 0 Å². The van der Waals surface area contributed by atoms with Crippen LogP contribution in [-0.4, -0.2) is 31.0 Å². The van der Waals surface area contributed by atoms with Gasteiger partial charge in [0, 0.05) is 12.1 Å². The van der Waals surface area contributed by atoms with Crippen molar-refractivity contribution in [3.05, 3.63) is 17.9 Å². The third-order valence-electron chi connectivity index (χ3n) is 3.28. The van der Waals surface area contributed by atoms with Crippen LogP contribution in [0.25, 0.3) is 0 Å². The summed E-state index contributed by atoms with van der Waals surface area (Å²) in [6, 6.07) is 2.00. The fraction of sp³-hybridized carbons (Fsp3) is 0.429. The van der Waals surface area contributed by atoms with E-state index in [0.717, 1.165) is 12.5 Å². The van der Waals surface area contributed by atoms with Crippen molar-refractivity contribution in [3.8, 4) is 5.75 Å². The Kier molecular flexibility index (Phi) is 4.30. The van der Waals surface area contributed by atoms with E-state index in [1.165, 1.54) is 11.0 Å². The van der Waals surface area contributed by atoms with Crippen molar-refractivity contribution in [1.29, 1.82) is 0 Å². The van der Waals surface area contributed by atoms with E-state index in [1.54, 1.807) is 6.92 Å². The highest BCUT2D eigenvalue weighted by atomic mass is 19.1. The van der Waals surface area contributed by atoms with E-state index in [4.69, 9.17) is 10.5 Å². The summed E-state index contributed by atoms with van der Waals surface area (Å²) in [5, 5.41) is 2.24. The van der Waals surface area contributed by atoms with Gasteiger partial charge < -0.3 is 15.4 Å². The molecule has 1 aliphatic heterocycles. The van der Waals surface area contributed by atoms with Crippen molar-refractivity contribution >= 4 is 23.2 Å². The number of ether oxygens (including phenoxy) is 1. The maximum absolute atomic E-state index is 13.8. The first kappa shape index (κ1) is 15.1. The van der Waals surface area contributed by atoms with Gasteiger partial charge in [-0.2, -0.15) is 0 Å². The standard InChI is InChI=1S/C14H18FN3O3/c1-3-4-21-12-6-11(10(16)5-9(12)15)18-7-13(19)17-14(20)8(18)2/h5-6,8H,3-4,7,16H2,1-2H3,(H,17,19,20). The minimum absolute atomic E-state index is 0.0179. The summed E-state index contributed by atoms with van der Waals surface area (Å²) in [7, 11) is 0. The van der Waals surface area contributed by atoms with Crippen LogP contribution in [0.1, 0.15) is 20.3 Å². The number of carbonyl (C=O) groups excluding carboxylic acids is 2. The number of halogens is 1. The molecule has 6 nitrogen and oxygen atoms in total. The summed E-state index contributed by atoms with van der Waals surface area (Å²) in [6.45, 7) is 3.91.